The topological polar surface area (TPSA) is 56.7 Å². The second-order valence-electron chi connectivity index (χ2n) is 6.68. The lowest BCUT2D eigenvalue weighted by atomic mass is 10.1. The lowest BCUT2D eigenvalue weighted by molar-refractivity contribution is -0.00542. The molecule has 0 aliphatic carbocycles. The Balaban J connectivity index is 1.86. The summed E-state index contributed by atoms with van der Waals surface area (Å²) in [5.41, 5.74) is 3.45. The van der Waals surface area contributed by atoms with Crippen molar-refractivity contribution >= 4 is 17.0 Å². The standard InChI is InChI=1S/C19H27N3O3S/c1-13-10-22(11-14(2)25-13)18-6-5-16(19-21-20-15(3)26-19)9-17(18)12-24-8-7-23-4/h5-6,9,13-14H,7-8,10-12H2,1-4H3/t13-,14+. The average Bonchev–Trinajstić information content (AvgIpc) is 3.04. The van der Waals surface area contributed by atoms with Gasteiger partial charge in [0.15, 0.2) is 0 Å². The second kappa shape index (κ2) is 8.90. The fraction of sp³-hybridized carbons (Fsp3) is 0.579. The number of anilines is 1. The fourth-order valence-corrected chi connectivity index (χ4v) is 3.94. The summed E-state index contributed by atoms with van der Waals surface area (Å²) in [5.74, 6) is 0. The van der Waals surface area contributed by atoms with E-state index in [0.29, 0.717) is 19.8 Å². The van der Waals surface area contributed by atoms with Gasteiger partial charge in [0.2, 0.25) is 0 Å². The summed E-state index contributed by atoms with van der Waals surface area (Å²) in [6.07, 6.45) is 0.429. The number of hydrogen-bond acceptors (Lipinski definition) is 7. The van der Waals surface area contributed by atoms with Gasteiger partial charge in [-0.2, -0.15) is 0 Å². The third-order valence-corrected chi connectivity index (χ3v) is 5.19. The van der Waals surface area contributed by atoms with Gasteiger partial charge in [-0.1, -0.05) is 11.3 Å². The maximum absolute atomic E-state index is 5.88. The van der Waals surface area contributed by atoms with E-state index >= 15 is 0 Å². The monoisotopic (exact) mass is 377 g/mol. The van der Waals surface area contributed by atoms with E-state index in [-0.39, 0.29) is 12.2 Å². The number of aryl methyl sites for hydroxylation is 1. The van der Waals surface area contributed by atoms with Gasteiger partial charge >= 0.3 is 0 Å². The van der Waals surface area contributed by atoms with E-state index in [9.17, 15) is 0 Å². The first-order valence-electron chi connectivity index (χ1n) is 8.97. The minimum atomic E-state index is 0.214. The van der Waals surface area contributed by atoms with Gasteiger partial charge in [-0.15, -0.1) is 10.2 Å². The van der Waals surface area contributed by atoms with Crippen LogP contribution in [0.25, 0.3) is 10.6 Å². The van der Waals surface area contributed by atoms with Crippen LogP contribution in [0.4, 0.5) is 5.69 Å². The van der Waals surface area contributed by atoms with Crippen LogP contribution < -0.4 is 4.90 Å². The highest BCUT2D eigenvalue weighted by Gasteiger charge is 2.24. The summed E-state index contributed by atoms with van der Waals surface area (Å²) in [6, 6.07) is 6.47. The van der Waals surface area contributed by atoms with Gasteiger partial charge in [0, 0.05) is 37.0 Å². The highest BCUT2D eigenvalue weighted by atomic mass is 32.1. The highest BCUT2D eigenvalue weighted by molar-refractivity contribution is 7.14. The SMILES string of the molecule is COCCOCc1cc(-c2nnc(C)s2)ccc1N1C[C@@H](C)O[C@@H](C)C1. The lowest BCUT2D eigenvalue weighted by Crippen LogP contribution is -2.45. The van der Waals surface area contributed by atoms with Gasteiger partial charge in [-0.3, -0.25) is 0 Å². The number of rotatable bonds is 7. The first-order valence-corrected chi connectivity index (χ1v) is 9.79. The van der Waals surface area contributed by atoms with Crippen molar-refractivity contribution in [3.63, 3.8) is 0 Å². The predicted molar refractivity (Wildman–Crippen MR) is 104 cm³/mol. The Kier molecular flexibility index (Phi) is 6.58. The molecular weight excluding hydrogens is 350 g/mol. The quantitative estimate of drug-likeness (QED) is 0.690. The largest absolute Gasteiger partial charge is 0.382 e. The molecular formula is C19H27N3O3S. The molecule has 0 bridgehead atoms. The van der Waals surface area contributed by atoms with Crippen LogP contribution in [0.2, 0.25) is 0 Å². The van der Waals surface area contributed by atoms with Crippen molar-refractivity contribution in [2.75, 3.05) is 38.3 Å². The van der Waals surface area contributed by atoms with Crippen LogP contribution in [0.15, 0.2) is 18.2 Å². The zero-order chi connectivity index (χ0) is 18.5. The van der Waals surface area contributed by atoms with E-state index in [1.807, 2.05) is 6.92 Å². The molecule has 142 valence electrons. The average molecular weight is 378 g/mol. The summed E-state index contributed by atoms with van der Waals surface area (Å²) in [6.45, 7) is 9.69. The number of benzene rings is 1. The molecule has 0 spiro atoms. The molecule has 2 atom stereocenters. The van der Waals surface area contributed by atoms with Gasteiger partial charge < -0.3 is 19.1 Å². The first kappa shape index (κ1) is 19.2. The maximum atomic E-state index is 5.88. The summed E-state index contributed by atoms with van der Waals surface area (Å²) in [7, 11) is 1.68. The zero-order valence-electron chi connectivity index (χ0n) is 15.9. The molecule has 1 aromatic heterocycles. The Morgan fingerprint density at radius 2 is 1.96 bits per heavy atom. The Labute approximate surface area is 159 Å². The predicted octanol–water partition coefficient (Wildman–Crippen LogP) is 3.29. The van der Waals surface area contributed by atoms with Crippen LogP contribution >= 0.6 is 11.3 Å². The van der Waals surface area contributed by atoms with Crippen molar-refractivity contribution in [3.8, 4) is 10.6 Å². The second-order valence-corrected chi connectivity index (χ2v) is 7.86. The molecule has 1 saturated heterocycles. The lowest BCUT2D eigenvalue weighted by Gasteiger charge is -2.38. The van der Waals surface area contributed by atoms with Gasteiger partial charge in [-0.05, 0) is 39.0 Å². The van der Waals surface area contributed by atoms with Crippen molar-refractivity contribution in [1.82, 2.24) is 10.2 Å². The molecule has 2 heterocycles. The van der Waals surface area contributed by atoms with Crippen molar-refractivity contribution in [2.45, 2.75) is 39.6 Å². The van der Waals surface area contributed by atoms with Crippen LogP contribution in [0.5, 0.6) is 0 Å². The van der Waals surface area contributed by atoms with Crippen LogP contribution in [0, 0.1) is 6.92 Å². The van der Waals surface area contributed by atoms with Crippen molar-refractivity contribution < 1.29 is 14.2 Å². The molecule has 0 amide bonds. The Morgan fingerprint density at radius 3 is 2.62 bits per heavy atom. The Bertz CT molecular complexity index is 712. The van der Waals surface area contributed by atoms with Crippen LogP contribution in [0.3, 0.4) is 0 Å². The molecule has 1 aliphatic heterocycles. The number of aromatic nitrogens is 2. The third-order valence-electron chi connectivity index (χ3n) is 4.30. The first-order chi connectivity index (χ1) is 12.6. The molecule has 1 aliphatic rings. The van der Waals surface area contributed by atoms with Gasteiger partial charge in [-0.25, -0.2) is 0 Å². The van der Waals surface area contributed by atoms with E-state index in [0.717, 1.165) is 34.2 Å². The third kappa shape index (κ3) is 4.79. The van der Waals surface area contributed by atoms with Crippen molar-refractivity contribution in [3.05, 3.63) is 28.8 Å². The number of morpholine rings is 1. The van der Waals surface area contributed by atoms with E-state index in [1.165, 1.54) is 5.69 Å². The number of nitrogens with zero attached hydrogens (tertiary/aromatic N) is 3. The fourth-order valence-electron chi connectivity index (χ4n) is 3.25. The maximum Gasteiger partial charge on any atom is 0.147 e. The summed E-state index contributed by atoms with van der Waals surface area (Å²) in [4.78, 5) is 2.39. The Morgan fingerprint density at radius 1 is 1.19 bits per heavy atom. The van der Waals surface area contributed by atoms with Crippen LogP contribution in [-0.2, 0) is 20.8 Å². The minimum Gasteiger partial charge on any atom is -0.382 e. The summed E-state index contributed by atoms with van der Waals surface area (Å²) >= 11 is 1.61. The molecule has 3 rings (SSSR count). The molecule has 1 aromatic carbocycles. The molecule has 1 fully saturated rings. The highest BCUT2D eigenvalue weighted by Crippen LogP contribution is 2.31. The number of ether oxygens (including phenoxy) is 3. The molecule has 0 radical (unpaired) electrons. The summed E-state index contributed by atoms with van der Waals surface area (Å²) in [5, 5.41) is 10.3. The van der Waals surface area contributed by atoms with Crippen LogP contribution in [0.1, 0.15) is 24.4 Å². The normalized spacial score (nSPS) is 20.5. The van der Waals surface area contributed by atoms with Crippen LogP contribution in [-0.4, -0.2) is 55.8 Å². The van der Waals surface area contributed by atoms with Gasteiger partial charge in [0.1, 0.15) is 10.0 Å². The molecule has 26 heavy (non-hydrogen) atoms. The molecule has 7 heteroatoms. The zero-order valence-corrected chi connectivity index (χ0v) is 16.7. The summed E-state index contributed by atoms with van der Waals surface area (Å²) < 4.78 is 16.8. The number of hydrogen-bond donors (Lipinski definition) is 0. The molecule has 0 saturated carbocycles. The van der Waals surface area contributed by atoms with E-state index < -0.39 is 0 Å². The van der Waals surface area contributed by atoms with Crippen molar-refractivity contribution in [1.29, 1.82) is 0 Å². The number of methoxy groups -OCH3 is 1. The van der Waals surface area contributed by atoms with Gasteiger partial charge in [0.05, 0.1) is 32.0 Å². The molecule has 6 nitrogen and oxygen atoms in total. The Hall–Kier alpha value is -1.54. The van der Waals surface area contributed by atoms with E-state index in [2.05, 4.69) is 47.1 Å². The smallest absolute Gasteiger partial charge is 0.147 e. The van der Waals surface area contributed by atoms with E-state index in [4.69, 9.17) is 14.2 Å². The molecule has 0 unspecified atom stereocenters. The minimum absolute atomic E-state index is 0.214. The molecule has 0 N–H and O–H groups in total. The van der Waals surface area contributed by atoms with Crippen molar-refractivity contribution in [2.24, 2.45) is 0 Å². The van der Waals surface area contributed by atoms with E-state index in [1.54, 1.807) is 18.4 Å². The molecule has 2 aromatic rings. The van der Waals surface area contributed by atoms with Gasteiger partial charge in [0.25, 0.3) is 0 Å².